The van der Waals surface area contributed by atoms with Gasteiger partial charge in [0.2, 0.25) is 0 Å². The van der Waals surface area contributed by atoms with Gasteiger partial charge >= 0.3 is 41.8 Å². The Bertz CT molecular complexity index is 1660. The van der Waals surface area contributed by atoms with Crippen molar-refractivity contribution in [3.63, 3.8) is 0 Å². The van der Waals surface area contributed by atoms with Crippen LogP contribution in [0.15, 0.2) is 60.7 Å². The van der Waals surface area contributed by atoms with E-state index in [2.05, 4.69) is 0 Å². The number of carbonyl (C=O) groups is 7. The first-order chi connectivity index (χ1) is 26.2. The summed E-state index contributed by atoms with van der Waals surface area (Å²) < 4.78 is 62.7. The molecule has 18 heteroatoms. The summed E-state index contributed by atoms with van der Waals surface area (Å²) in [6, 6.07) is 15.8. The van der Waals surface area contributed by atoms with Crippen LogP contribution in [0.5, 0.6) is 0 Å². The zero-order valence-corrected chi connectivity index (χ0v) is 30.8. The van der Waals surface area contributed by atoms with Gasteiger partial charge in [0.15, 0.2) is 49.2 Å². The lowest BCUT2D eigenvalue weighted by atomic mass is 9.96. The Morgan fingerprint density at radius 2 is 1.15 bits per heavy atom. The molecule has 0 N–H and O–H groups in total. The maximum Gasteiger partial charge on any atom is 0.338 e. The molecule has 0 saturated carbocycles. The first-order valence-electron chi connectivity index (χ1n) is 17.0. The minimum atomic E-state index is -1.86. The van der Waals surface area contributed by atoms with Gasteiger partial charge in [-0.2, -0.15) is 0 Å². The van der Waals surface area contributed by atoms with Crippen LogP contribution in [0.2, 0.25) is 0 Å². The topological polar surface area (TPSA) is 221 Å². The summed E-state index contributed by atoms with van der Waals surface area (Å²) in [4.78, 5) is 88.5. The number of hydrogen-bond donors (Lipinski definition) is 0. The van der Waals surface area contributed by atoms with Gasteiger partial charge in [-0.25, -0.2) is 9.59 Å². The van der Waals surface area contributed by atoms with E-state index in [0.717, 1.165) is 34.6 Å². The Kier molecular flexibility index (Phi) is 15.2. The molecule has 55 heavy (non-hydrogen) atoms. The third-order valence-electron chi connectivity index (χ3n) is 8.00. The van der Waals surface area contributed by atoms with Gasteiger partial charge in [0.05, 0.1) is 17.7 Å². The fraction of sp³-hybridized carbons (Fsp3) is 0.486. The van der Waals surface area contributed by atoms with E-state index in [4.69, 9.17) is 52.1 Å². The van der Waals surface area contributed by atoms with Crippen molar-refractivity contribution in [3.8, 4) is 0 Å². The summed E-state index contributed by atoms with van der Waals surface area (Å²) in [5.41, 5.74) is 0.294. The van der Waals surface area contributed by atoms with Crippen molar-refractivity contribution in [1.82, 2.24) is 0 Å². The Morgan fingerprint density at radius 3 is 1.64 bits per heavy atom. The van der Waals surface area contributed by atoms with Gasteiger partial charge in [-0.3, -0.25) is 24.0 Å². The number of benzene rings is 2. The third kappa shape index (κ3) is 11.8. The molecule has 4 rings (SSSR count). The van der Waals surface area contributed by atoms with E-state index in [9.17, 15) is 33.6 Å². The Balaban J connectivity index is 1.78. The standard InChI is InChI=1S/C37H42O18/c1-19(38)46-17-26(48-20(2)39)28(49-21(3)40)30(50-22(4)41)33(51-23(5)42)37-47-18-27-29(55-37)31(53-34(43)24-13-9-7-10-14-24)32(36(45-6)52-27)54-35(44)25-15-11-8-12-16-25/h7-16,26-33,36-37H,17-18H2,1-6H3/t26-,27+,28+,29-,30+,31-,32+,33-,36-,37?/m0/s1. The van der Waals surface area contributed by atoms with Gasteiger partial charge in [0.25, 0.3) is 0 Å². The number of fused-ring (bicyclic) bond motifs is 1. The molecule has 18 nitrogen and oxygen atoms in total. The molecule has 0 amide bonds. The van der Waals surface area contributed by atoms with E-state index < -0.39 is 110 Å². The minimum absolute atomic E-state index is 0.137. The average molecular weight is 775 g/mol. The number of carbonyl (C=O) groups excluding carboxylic acids is 7. The smallest absolute Gasteiger partial charge is 0.338 e. The number of rotatable bonds is 15. The summed E-state index contributed by atoms with van der Waals surface area (Å²) in [5.74, 6) is -6.25. The highest BCUT2D eigenvalue weighted by Gasteiger charge is 2.57. The molecule has 2 fully saturated rings. The van der Waals surface area contributed by atoms with Crippen molar-refractivity contribution in [2.45, 2.75) is 96.0 Å². The third-order valence-corrected chi connectivity index (χ3v) is 8.00. The first kappa shape index (κ1) is 42.3. The van der Waals surface area contributed by atoms with E-state index >= 15 is 0 Å². The van der Waals surface area contributed by atoms with Crippen molar-refractivity contribution in [1.29, 1.82) is 0 Å². The summed E-state index contributed by atoms with van der Waals surface area (Å²) >= 11 is 0. The highest BCUT2D eigenvalue weighted by molar-refractivity contribution is 5.90. The van der Waals surface area contributed by atoms with Crippen molar-refractivity contribution in [2.24, 2.45) is 0 Å². The SMILES string of the molecule is CO[C@H]1O[C@@H]2COC([C@@H](OC(C)=O)[C@H](OC(C)=O)[C@H](OC(C)=O)[C@H](COC(C)=O)OC(C)=O)O[C@@H]2[C@H](OC(=O)c2ccccc2)[C@H]1OC(=O)c1ccccc1. The number of hydrogen-bond acceptors (Lipinski definition) is 18. The van der Waals surface area contributed by atoms with E-state index in [0.29, 0.717) is 0 Å². The maximum absolute atomic E-state index is 13.6. The predicted octanol–water partition coefficient (Wildman–Crippen LogP) is 1.84. The van der Waals surface area contributed by atoms with Crippen LogP contribution in [0.4, 0.5) is 0 Å². The van der Waals surface area contributed by atoms with Crippen LogP contribution in [0, 0.1) is 0 Å². The molecule has 2 aliphatic heterocycles. The lowest BCUT2D eigenvalue weighted by Gasteiger charge is -2.49. The molecular weight excluding hydrogens is 732 g/mol. The Labute approximate surface area is 315 Å². The van der Waals surface area contributed by atoms with E-state index in [-0.39, 0.29) is 17.7 Å². The minimum Gasteiger partial charge on any atom is -0.462 e. The number of esters is 7. The average Bonchev–Trinajstić information content (AvgIpc) is 3.14. The molecule has 1 unspecified atom stereocenters. The monoisotopic (exact) mass is 774 g/mol. The van der Waals surface area contributed by atoms with Gasteiger partial charge in [0, 0.05) is 41.7 Å². The Morgan fingerprint density at radius 1 is 0.636 bits per heavy atom. The van der Waals surface area contributed by atoms with Crippen molar-refractivity contribution in [2.75, 3.05) is 20.3 Å². The molecule has 2 aliphatic rings. The van der Waals surface area contributed by atoms with Gasteiger partial charge in [-0.05, 0) is 24.3 Å². The van der Waals surface area contributed by atoms with Crippen molar-refractivity contribution in [3.05, 3.63) is 71.8 Å². The zero-order valence-electron chi connectivity index (χ0n) is 30.8. The number of ether oxygens (including phenoxy) is 11. The fourth-order valence-corrected chi connectivity index (χ4v) is 5.85. The van der Waals surface area contributed by atoms with Gasteiger partial charge in [0.1, 0.15) is 18.8 Å². The van der Waals surface area contributed by atoms with Crippen LogP contribution in [0.1, 0.15) is 55.3 Å². The molecule has 0 aromatic heterocycles. The molecule has 10 atom stereocenters. The highest BCUT2D eigenvalue weighted by Crippen LogP contribution is 2.36. The van der Waals surface area contributed by atoms with E-state index in [1.807, 2.05) is 0 Å². The lowest BCUT2D eigenvalue weighted by Crippen LogP contribution is -2.67. The molecular formula is C37H42O18. The van der Waals surface area contributed by atoms with Gasteiger partial charge < -0.3 is 52.1 Å². The van der Waals surface area contributed by atoms with Crippen LogP contribution in [0.25, 0.3) is 0 Å². The highest BCUT2D eigenvalue weighted by atomic mass is 16.8. The molecule has 2 aromatic carbocycles. The summed E-state index contributed by atoms with van der Waals surface area (Å²) in [5, 5.41) is 0. The van der Waals surface area contributed by atoms with Crippen molar-refractivity contribution >= 4 is 41.8 Å². The lowest BCUT2D eigenvalue weighted by molar-refractivity contribution is -0.369. The predicted molar refractivity (Wildman–Crippen MR) is 180 cm³/mol. The van der Waals surface area contributed by atoms with Crippen LogP contribution >= 0.6 is 0 Å². The normalized spacial score (nSPS) is 23.9. The Hall–Kier alpha value is -5.43. The largest absolute Gasteiger partial charge is 0.462 e. The molecule has 0 bridgehead atoms. The maximum atomic E-state index is 13.6. The summed E-state index contributed by atoms with van der Waals surface area (Å²) in [6.07, 6.45) is -15.5. The fourth-order valence-electron chi connectivity index (χ4n) is 5.85. The van der Waals surface area contributed by atoms with E-state index in [1.165, 1.54) is 31.4 Å². The van der Waals surface area contributed by atoms with Crippen LogP contribution in [0.3, 0.4) is 0 Å². The first-order valence-corrected chi connectivity index (χ1v) is 17.0. The van der Waals surface area contributed by atoms with Crippen LogP contribution < -0.4 is 0 Å². The molecule has 298 valence electrons. The molecule has 2 heterocycles. The second-order valence-electron chi connectivity index (χ2n) is 12.2. The van der Waals surface area contributed by atoms with Crippen LogP contribution in [-0.4, -0.2) is 124 Å². The van der Waals surface area contributed by atoms with Crippen LogP contribution in [-0.2, 0) is 76.1 Å². The van der Waals surface area contributed by atoms with E-state index in [1.54, 1.807) is 36.4 Å². The van der Waals surface area contributed by atoms with Gasteiger partial charge in [-0.15, -0.1) is 0 Å². The number of methoxy groups -OCH3 is 1. The molecule has 2 aromatic rings. The zero-order chi connectivity index (χ0) is 40.2. The van der Waals surface area contributed by atoms with Crippen molar-refractivity contribution < 1.29 is 85.7 Å². The van der Waals surface area contributed by atoms with Gasteiger partial charge in [-0.1, -0.05) is 36.4 Å². The molecule has 2 saturated heterocycles. The summed E-state index contributed by atoms with van der Waals surface area (Å²) in [6.45, 7) is 4.06. The summed E-state index contributed by atoms with van der Waals surface area (Å²) in [7, 11) is 1.28. The molecule has 0 radical (unpaired) electrons. The molecule has 0 aliphatic carbocycles. The quantitative estimate of drug-likeness (QED) is 0.186. The second kappa shape index (κ2) is 19.8. The second-order valence-corrected chi connectivity index (χ2v) is 12.2. The molecule has 0 spiro atoms.